The first-order chi connectivity index (χ1) is 11.5. The summed E-state index contributed by atoms with van der Waals surface area (Å²) in [5.41, 5.74) is 2.80. The Balaban J connectivity index is 2.32. The van der Waals surface area contributed by atoms with Crippen molar-refractivity contribution in [2.24, 2.45) is 0 Å². The van der Waals surface area contributed by atoms with Crippen molar-refractivity contribution in [3.05, 3.63) is 64.4 Å². The number of aromatic carboxylic acids is 1. The molecular formula is C19H22N2O3. The van der Waals surface area contributed by atoms with E-state index in [1.54, 1.807) is 19.1 Å². The third kappa shape index (κ3) is 3.74. The van der Waals surface area contributed by atoms with Crippen LogP contribution in [-0.2, 0) is 0 Å². The van der Waals surface area contributed by atoms with Gasteiger partial charge in [0.05, 0.1) is 5.56 Å². The van der Waals surface area contributed by atoms with Crippen LogP contribution in [0.3, 0.4) is 0 Å². The summed E-state index contributed by atoms with van der Waals surface area (Å²) < 4.78 is 0.716. The molecule has 0 saturated heterocycles. The highest BCUT2D eigenvalue weighted by Gasteiger charge is 2.15. The Morgan fingerprint density at radius 2 is 1.79 bits per heavy atom. The maximum Gasteiger partial charge on any atom is 0.336 e. The van der Waals surface area contributed by atoms with E-state index in [2.05, 4.69) is 18.7 Å². The standard InChI is InChI=1S/C19H22N2O3/c1-4-20(5-2)16-11-9-15(10-12-16)13-21(24)18-8-6-7-17(14(18)3)19(22)23/h6-13H,4-5H2,1-3H3,(H,22,23). The molecule has 0 heterocycles. The van der Waals surface area contributed by atoms with Crippen LogP contribution >= 0.6 is 0 Å². The Morgan fingerprint density at radius 1 is 1.17 bits per heavy atom. The molecule has 0 spiro atoms. The van der Waals surface area contributed by atoms with Gasteiger partial charge in [-0.15, -0.1) is 0 Å². The summed E-state index contributed by atoms with van der Waals surface area (Å²) in [5.74, 6) is -1.04. The SMILES string of the molecule is CCN(CC)c1ccc(C=[N+]([O-])c2cccc(C(=O)O)c2C)cc1. The van der Waals surface area contributed by atoms with Crippen LogP contribution in [-0.4, -0.2) is 35.1 Å². The molecule has 0 saturated carbocycles. The largest absolute Gasteiger partial charge is 0.618 e. The van der Waals surface area contributed by atoms with Gasteiger partial charge >= 0.3 is 5.97 Å². The molecule has 0 aliphatic heterocycles. The van der Waals surface area contributed by atoms with Crippen LogP contribution < -0.4 is 4.90 Å². The average Bonchev–Trinajstić information content (AvgIpc) is 2.57. The molecule has 0 aromatic heterocycles. The zero-order chi connectivity index (χ0) is 17.7. The second kappa shape index (κ2) is 7.64. The summed E-state index contributed by atoms with van der Waals surface area (Å²) in [5, 5.41) is 21.6. The lowest BCUT2D eigenvalue weighted by atomic mass is 10.1. The molecule has 0 fully saturated rings. The first-order valence-corrected chi connectivity index (χ1v) is 7.97. The van der Waals surface area contributed by atoms with Crippen molar-refractivity contribution in [1.29, 1.82) is 0 Å². The third-order valence-corrected chi connectivity index (χ3v) is 4.06. The number of hydrogen-bond donors (Lipinski definition) is 1. The fraction of sp³-hybridized carbons (Fsp3) is 0.263. The highest BCUT2D eigenvalue weighted by atomic mass is 16.5. The molecule has 0 atom stereocenters. The van der Waals surface area contributed by atoms with Crippen LogP contribution in [0, 0.1) is 12.1 Å². The maximum absolute atomic E-state index is 12.4. The molecule has 126 valence electrons. The number of carboxylic acid groups (broad SMARTS) is 1. The molecule has 2 aromatic carbocycles. The molecule has 24 heavy (non-hydrogen) atoms. The van der Waals surface area contributed by atoms with E-state index in [9.17, 15) is 10.0 Å². The molecule has 0 amide bonds. The molecule has 2 aromatic rings. The number of carbonyl (C=O) groups is 1. The van der Waals surface area contributed by atoms with E-state index in [0.717, 1.165) is 24.3 Å². The minimum atomic E-state index is -1.04. The summed E-state index contributed by atoms with van der Waals surface area (Å²) in [6.07, 6.45) is 1.46. The fourth-order valence-electron chi connectivity index (χ4n) is 2.66. The first-order valence-electron chi connectivity index (χ1n) is 7.97. The number of carboxylic acids is 1. The summed E-state index contributed by atoms with van der Waals surface area (Å²) in [6, 6.07) is 12.4. The number of nitrogens with zero attached hydrogens (tertiary/aromatic N) is 2. The van der Waals surface area contributed by atoms with E-state index in [1.807, 2.05) is 24.3 Å². The van der Waals surface area contributed by atoms with Crippen LogP contribution in [0.2, 0.25) is 0 Å². The van der Waals surface area contributed by atoms with Crippen LogP contribution in [0.5, 0.6) is 0 Å². The van der Waals surface area contributed by atoms with E-state index >= 15 is 0 Å². The van der Waals surface area contributed by atoms with E-state index in [-0.39, 0.29) is 5.56 Å². The molecule has 0 aliphatic rings. The number of benzene rings is 2. The smallest absolute Gasteiger partial charge is 0.336 e. The van der Waals surface area contributed by atoms with Gasteiger partial charge in [-0.1, -0.05) is 6.07 Å². The normalized spacial score (nSPS) is 11.4. The van der Waals surface area contributed by atoms with E-state index in [4.69, 9.17) is 5.11 Å². The lowest BCUT2D eigenvalue weighted by Crippen LogP contribution is -2.21. The van der Waals surface area contributed by atoms with Gasteiger partial charge in [0.1, 0.15) is 0 Å². The molecular weight excluding hydrogens is 304 g/mol. The average molecular weight is 326 g/mol. The van der Waals surface area contributed by atoms with Gasteiger partial charge in [0, 0.05) is 36.0 Å². The second-order valence-corrected chi connectivity index (χ2v) is 5.47. The Bertz CT molecular complexity index is 748. The Hall–Kier alpha value is -2.82. The maximum atomic E-state index is 12.4. The van der Waals surface area contributed by atoms with E-state index in [1.165, 1.54) is 12.3 Å². The lowest BCUT2D eigenvalue weighted by Gasteiger charge is -2.20. The van der Waals surface area contributed by atoms with Crippen molar-refractivity contribution >= 4 is 23.6 Å². The molecule has 2 rings (SSSR count). The van der Waals surface area contributed by atoms with Crippen molar-refractivity contribution in [3.63, 3.8) is 0 Å². The van der Waals surface area contributed by atoms with Crippen LogP contribution in [0.25, 0.3) is 0 Å². The fourth-order valence-corrected chi connectivity index (χ4v) is 2.66. The quantitative estimate of drug-likeness (QED) is 0.379. The van der Waals surface area contributed by atoms with Gasteiger partial charge in [-0.3, -0.25) is 0 Å². The summed E-state index contributed by atoms with van der Waals surface area (Å²) in [7, 11) is 0. The van der Waals surface area contributed by atoms with Crippen LogP contribution in [0.1, 0.15) is 35.3 Å². The number of anilines is 1. The topological polar surface area (TPSA) is 66.6 Å². The van der Waals surface area contributed by atoms with Crippen molar-refractivity contribution in [2.75, 3.05) is 18.0 Å². The van der Waals surface area contributed by atoms with E-state index < -0.39 is 5.97 Å². The predicted octanol–water partition coefficient (Wildman–Crippen LogP) is 3.80. The van der Waals surface area contributed by atoms with Gasteiger partial charge < -0.3 is 15.2 Å². The highest BCUT2D eigenvalue weighted by Crippen LogP contribution is 2.22. The van der Waals surface area contributed by atoms with Gasteiger partial charge in [-0.2, -0.15) is 4.74 Å². The lowest BCUT2D eigenvalue weighted by molar-refractivity contribution is -0.355. The highest BCUT2D eigenvalue weighted by molar-refractivity contribution is 5.90. The first kappa shape index (κ1) is 17.5. The van der Waals surface area contributed by atoms with Crippen molar-refractivity contribution < 1.29 is 14.6 Å². The zero-order valence-electron chi connectivity index (χ0n) is 14.2. The Labute approximate surface area is 142 Å². The summed E-state index contributed by atoms with van der Waals surface area (Å²) >= 11 is 0. The summed E-state index contributed by atoms with van der Waals surface area (Å²) in [4.78, 5) is 13.4. The molecule has 0 unspecified atom stereocenters. The predicted molar refractivity (Wildman–Crippen MR) is 96.6 cm³/mol. The van der Waals surface area contributed by atoms with Crippen LogP contribution in [0.4, 0.5) is 11.4 Å². The monoisotopic (exact) mass is 326 g/mol. The van der Waals surface area contributed by atoms with E-state index in [0.29, 0.717) is 16.0 Å². The van der Waals surface area contributed by atoms with Crippen molar-refractivity contribution in [2.45, 2.75) is 20.8 Å². The minimum absolute atomic E-state index is 0.138. The number of rotatable bonds is 6. The molecule has 0 bridgehead atoms. The van der Waals surface area contributed by atoms with Crippen LogP contribution in [0.15, 0.2) is 42.5 Å². The third-order valence-electron chi connectivity index (χ3n) is 4.06. The Morgan fingerprint density at radius 3 is 2.33 bits per heavy atom. The van der Waals surface area contributed by atoms with Crippen molar-refractivity contribution in [3.8, 4) is 0 Å². The summed E-state index contributed by atoms with van der Waals surface area (Å²) in [6.45, 7) is 7.69. The second-order valence-electron chi connectivity index (χ2n) is 5.47. The molecule has 5 heteroatoms. The van der Waals surface area contributed by atoms with Gasteiger partial charge in [0.15, 0.2) is 6.21 Å². The van der Waals surface area contributed by atoms with Gasteiger partial charge in [0.25, 0.3) is 0 Å². The molecule has 1 N–H and O–H groups in total. The molecule has 5 nitrogen and oxygen atoms in total. The van der Waals surface area contributed by atoms with Crippen molar-refractivity contribution in [1.82, 2.24) is 0 Å². The zero-order valence-corrected chi connectivity index (χ0v) is 14.2. The molecule has 0 radical (unpaired) electrons. The minimum Gasteiger partial charge on any atom is -0.618 e. The Kier molecular flexibility index (Phi) is 5.58. The van der Waals surface area contributed by atoms with Gasteiger partial charge in [0.2, 0.25) is 5.69 Å². The molecule has 0 aliphatic carbocycles. The van der Waals surface area contributed by atoms with Gasteiger partial charge in [-0.05, 0) is 51.1 Å². The van der Waals surface area contributed by atoms with Gasteiger partial charge in [-0.25, -0.2) is 4.79 Å². The number of hydrogen-bond acceptors (Lipinski definition) is 3.